The summed E-state index contributed by atoms with van der Waals surface area (Å²) in [5.41, 5.74) is 2.98. The van der Waals surface area contributed by atoms with Gasteiger partial charge in [0.25, 0.3) is 10.0 Å². The van der Waals surface area contributed by atoms with E-state index >= 15 is 0 Å². The summed E-state index contributed by atoms with van der Waals surface area (Å²) in [5, 5.41) is 0. The van der Waals surface area contributed by atoms with Gasteiger partial charge in [0, 0.05) is 17.3 Å². The van der Waals surface area contributed by atoms with Crippen LogP contribution >= 0.6 is 0 Å². The molecule has 0 N–H and O–H groups in total. The fourth-order valence-electron chi connectivity index (χ4n) is 3.15. The summed E-state index contributed by atoms with van der Waals surface area (Å²) in [4.78, 5) is 2.34. The zero-order valence-corrected chi connectivity index (χ0v) is 12.3. The third-order valence-corrected chi connectivity index (χ3v) is 5.37. The molecule has 0 bridgehead atoms. The van der Waals surface area contributed by atoms with Gasteiger partial charge in [-0.2, -0.15) is 8.42 Å². The Morgan fingerprint density at radius 3 is 2.67 bits per heavy atom. The largest absolute Gasteiger partial charge is 0.322 e. The van der Waals surface area contributed by atoms with Crippen molar-refractivity contribution < 1.29 is 8.42 Å². The summed E-state index contributed by atoms with van der Waals surface area (Å²) in [6.07, 6.45) is 0.900. The Hall–Kier alpha value is -2.14. The molecule has 0 radical (unpaired) electrons. The fraction of sp³-hybridized carbons (Fsp3) is 0.188. The van der Waals surface area contributed by atoms with Crippen LogP contribution in [0.1, 0.15) is 18.1 Å². The Labute approximate surface area is 123 Å². The lowest BCUT2D eigenvalue weighted by atomic mass is 10.1. The molecule has 5 heteroatoms. The van der Waals surface area contributed by atoms with Gasteiger partial charge in [-0.1, -0.05) is 30.3 Å². The van der Waals surface area contributed by atoms with E-state index in [1.165, 1.54) is 5.56 Å². The molecule has 2 aliphatic heterocycles. The zero-order chi connectivity index (χ0) is 14.6. The van der Waals surface area contributed by atoms with Gasteiger partial charge in [-0.25, -0.2) is 0 Å². The minimum atomic E-state index is -3.57. The number of amidine groups is 1. The van der Waals surface area contributed by atoms with Crippen molar-refractivity contribution >= 4 is 21.5 Å². The second kappa shape index (κ2) is 4.18. The summed E-state index contributed by atoms with van der Waals surface area (Å²) in [6, 6.07) is 15.3. The molecule has 106 valence electrons. The molecule has 4 nitrogen and oxygen atoms in total. The molecular weight excluding hydrogens is 284 g/mol. The number of fused-ring (bicyclic) bond motifs is 2. The van der Waals surface area contributed by atoms with Crippen molar-refractivity contribution in [1.29, 1.82) is 0 Å². The molecule has 0 saturated carbocycles. The molecule has 2 heterocycles. The Balaban J connectivity index is 1.93. The van der Waals surface area contributed by atoms with Crippen molar-refractivity contribution in [3.8, 4) is 0 Å². The monoisotopic (exact) mass is 298 g/mol. The molecule has 0 unspecified atom stereocenters. The number of benzene rings is 2. The highest BCUT2D eigenvalue weighted by Gasteiger charge is 2.37. The lowest BCUT2D eigenvalue weighted by molar-refractivity contribution is 0.599. The maximum atomic E-state index is 12.2. The van der Waals surface area contributed by atoms with Gasteiger partial charge in [0.15, 0.2) is 5.84 Å². The SMILES string of the molecule is C[C@@H]1Cc2ccccc2N1C1=NS(=O)(=O)c2ccccc21. The van der Waals surface area contributed by atoms with Gasteiger partial charge in [-0.05, 0) is 37.1 Å². The number of hydrogen-bond acceptors (Lipinski definition) is 3. The van der Waals surface area contributed by atoms with E-state index in [2.05, 4.69) is 17.4 Å². The van der Waals surface area contributed by atoms with Crippen molar-refractivity contribution in [2.75, 3.05) is 4.90 Å². The van der Waals surface area contributed by atoms with Crippen molar-refractivity contribution in [2.45, 2.75) is 24.3 Å². The number of sulfonamides is 1. The van der Waals surface area contributed by atoms with Gasteiger partial charge in [-0.3, -0.25) is 0 Å². The van der Waals surface area contributed by atoms with E-state index in [1.807, 2.05) is 35.2 Å². The first-order valence-corrected chi connectivity index (χ1v) is 8.33. The number of rotatable bonds is 0. The maximum absolute atomic E-state index is 12.2. The third-order valence-electron chi connectivity index (χ3n) is 4.05. The van der Waals surface area contributed by atoms with Crippen molar-refractivity contribution in [3.63, 3.8) is 0 Å². The minimum absolute atomic E-state index is 0.197. The first kappa shape index (κ1) is 12.6. The first-order valence-electron chi connectivity index (χ1n) is 6.89. The van der Waals surface area contributed by atoms with Gasteiger partial charge in [0.05, 0.1) is 0 Å². The van der Waals surface area contributed by atoms with Crippen molar-refractivity contribution in [1.82, 2.24) is 0 Å². The highest BCUT2D eigenvalue weighted by Crippen LogP contribution is 2.37. The van der Waals surface area contributed by atoms with E-state index < -0.39 is 10.0 Å². The smallest absolute Gasteiger partial charge is 0.285 e. The molecule has 4 rings (SSSR count). The summed E-state index contributed by atoms with van der Waals surface area (Å²) in [7, 11) is -3.57. The number of para-hydroxylation sites is 1. The summed E-state index contributed by atoms with van der Waals surface area (Å²) >= 11 is 0. The van der Waals surface area contributed by atoms with Crippen molar-refractivity contribution in [2.24, 2.45) is 4.40 Å². The first-order chi connectivity index (χ1) is 10.1. The predicted molar refractivity (Wildman–Crippen MR) is 82.3 cm³/mol. The zero-order valence-electron chi connectivity index (χ0n) is 11.5. The maximum Gasteiger partial charge on any atom is 0.285 e. The van der Waals surface area contributed by atoms with E-state index in [0.717, 1.165) is 12.1 Å². The molecule has 0 aliphatic carbocycles. The van der Waals surface area contributed by atoms with Crippen LogP contribution in [0.15, 0.2) is 57.8 Å². The standard InChI is InChI=1S/C16H14N2O2S/c1-11-10-12-6-2-4-8-14(12)18(11)16-13-7-3-5-9-15(13)21(19,20)17-16/h2-9,11H,10H2,1H3/t11-/m1/s1. The molecule has 0 spiro atoms. The van der Waals surface area contributed by atoms with Gasteiger partial charge in [0.1, 0.15) is 4.90 Å². The molecule has 1 atom stereocenters. The normalized spacial score (nSPS) is 21.9. The quantitative estimate of drug-likeness (QED) is 0.751. The molecule has 2 aromatic carbocycles. The molecule has 0 fully saturated rings. The van der Waals surface area contributed by atoms with E-state index in [0.29, 0.717) is 16.3 Å². The molecule has 2 aliphatic rings. The van der Waals surface area contributed by atoms with Crippen LogP contribution in [-0.4, -0.2) is 20.3 Å². The molecule has 21 heavy (non-hydrogen) atoms. The van der Waals surface area contributed by atoms with Crippen LogP contribution in [-0.2, 0) is 16.4 Å². The van der Waals surface area contributed by atoms with Gasteiger partial charge in [-0.15, -0.1) is 4.40 Å². The van der Waals surface area contributed by atoms with Crippen molar-refractivity contribution in [3.05, 3.63) is 59.7 Å². The topological polar surface area (TPSA) is 49.7 Å². The van der Waals surface area contributed by atoms with Crippen LogP contribution in [0, 0.1) is 0 Å². The van der Waals surface area contributed by atoms with Crippen LogP contribution in [0.4, 0.5) is 5.69 Å². The van der Waals surface area contributed by atoms with Crippen LogP contribution in [0.3, 0.4) is 0 Å². The van der Waals surface area contributed by atoms with Gasteiger partial charge < -0.3 is 4.90 Å². The average molecular weight is 298 g/mol. The Morgan fingerprint density at radius 1 is 1.10 bits per heavy atom. The molecule has 0 saturated heterocycles. The number of hydrogen-bond donors (Lipinski definition) is 0. The van der Waals surface area contributed by atoms with Crippen LogP contribution in [0.2, 0.25) is 0 Å². The van der Waals surface area contributed by atoms with Crippen LogP contribution < -0.4 is 4.90 Å². The summed E-state index contributed by atoms with van der Waals surface area (Å²) in [5.74, 6) is 0.544. The highest BCUT2D eigenvalue weighted by atomic mass is 32.2. The predicted octanol–water partition coefficient (Wildman–Crippen LogP) is 2.59. The lowest BCUT2D eigenvalue weighted by Crippen LogP contribution is -2.35. The number of nitrogens with zero attached hydrogens (tertiary/aromatic N) is 2. The Kier molecular flexibility index (Phi) is 2.50. The highest BCUT2D eigenvalue weighted by molar-refractivity contribution is 7.90. The summed E-state index contributed by atoms with van der Waals surface area (Å²) < 4.78 is 28.5. The fourth-order valence-corrected chi connectivity index (χ4v) is 4.35. The van der Waals surface area contributed by atoms with E-state index in [9.17, 15) is 8.42 Å². The molecule has 0 amide bonds. The van der Waals surface area contributed by atoms with E-state index in [-0.39, 0.29) is 6.04 Å². The average Bonchev–Trinajstić information content (AvgIpc) is 2.93. The van der Waals surface area contributed by atoms with Gasteiger partial charge >= 0.3 is 0 Å². The Morgan fingerprint density at radius 2 is 1.81 bits per heavy atom. The van der Waals surface area contributed by atoms with Crippen LogP contribution in [0.5, 0.6) is 0 Å². The Bertz CT molecular complexity index is 871. The van der Waals surface area contributed by atoms with E-state index in [4.69, 9.17) is 0 Å². The van der Waals surface area contributed by atoms with Gasteiger partial charge in [0.2, 0.25) is 0 Å². The molecule has 2 aromatic rings. The second-order valence-electron chi connectivity index (χ2n) is 5.44. The minimum Gasteiger partial charge on any atom is -0.322 e. The summed E-state index contributed by atoms with van der Waals surface area (Å²) in [6.45, 7) is 2.09. The molecule has 0 aromatic heterocycles. The third kappa shape index (κ3) is 1.74. The lowest BCUT2D eigenvalue weighted by Gasteiger charge is -2.24. The molecular formula is C16H14N2O2S. The van der Waals surface area contributed by atoms with Crippen LogP contribution in [0.25, 0.3) is 0 Å². The number of anilines is 1. The second-order valence-corrected chi connectivity index (χ2v) is 7.01. The van der Waals surface area contributed by atoms with E-state index in [1.54, 1.807) is 12.1 Å².